The van der Waals surface area contributed by atoms with Gasteiger partial charge in [-0.15, -0.1) is 0 Å². The molecule has 144 valence electrons. The number of benzene rings is 1. The van der Waals surface area contributed by atoms with Crippen molar-refractivity contribution < 1.29 is 14.7 Å². The lowest BCUT2D eigenvalue weighted by Crippen LogP contribution is -2.34. The van der Waals surface area contributed by atoms with Crippen LogP contribution in [0.2, 0.25) is 0 Å². The first-order valence-electron chi connectivity index (χ1n) is 9.14. The van der Waals surface area contributed by atoms with E-state index in [4.69, 9.17) is 0 Å². The summed E-state index contributed by atoms with van der Waals surface area (Å²) in [5.41, 5.74) is 1.29. The van der Waals surface area contributed by atoms with E-state index in [2.05, 4.69) is 25.3 Å². The van der Waals surface area contributed by atoms with Gasteiger partial charge in [0, 0.05) is 19.5 Å². The van der Waals surface area contributed by atoms with Gasteiger partial charge < -0.3 is 15.3 Å². The number of nitrogens with zero attached hydrogens (tertiary/aromatic N) is 5. The van der Waals surface area contributed by atoms with E-state index in [9.17, 15) is 14.7 Å². The number of carbonyl (C=O) groups is 2. The number of hydrogen-bond acceptors (Lipinski definition) is 7. The summed E-state index contributed by atoms with van der Waals surface area (Å²) >= 11 is 0. The number of anilines is 3. The van der Waals surface area contributed by atoms with Crippen LogP contribution in [0, 0.1) is 0 Å². The number of para-hydroxylation sites is 1. The molecule has 1 atom stereocenters. The first-order chi connectivity index (χ1) is 13.6. The zero-order valence-electron chi connectivity index (χ0n) is 15.2. The minimum Gasteiger partial charge on any atom is -0.480 e. The fourth-order valence-corrected chi connectivity index (χ4v) is 3.45. The maximum absolute atomic E-state index is 12.8. The van der Waals surface area contributed by atoms with Gasteiger partial charge >= 0.3 is 5.97 Å². The number of hydrazone groups is 1. The molecule has 2 aliphatic heterocycles. The molecule has 1 aromatic carbocycles. The molecule has 2 N–H and O–H groups in total. The molecule has 0 aliphatic carbocycles. The van der Waals surface area contributed by atoms with Gasteiger partial charge in [-0.25, -0.2) is 14.8 Å². The van der Waals surface area contributed by atoms with Crippen LogP contribution in [0.4, 0.5) is 17.2 Å². The van der Waals surface area contributed by atoms with Crippen LogP contribution >= 0.6 is 0 Å². The van der Waals surface area contributed by atoms with E-state index >= 15 is 0 Å². The molecule has 9 nitrogen and oxygen atoms in total. The van der Waals surface area contributed by atoms with Crippen LogP contribution in [0.3, 0.4) is 0 Å². The van der Waals surface area contributed by atoms with E-state index in [1.165, 1.54) is 11.3 Å². The van der Waals surface area contributed by atoms with E-state index in [1.54, 1.807) is 30.5 Å². The van der Waals surface area contributed by atoms with Crippen LogP contribution in [0.15, 0.2) is 48.0 Å². The van der Waals surface area contributed by atoms with Crippen molar-refractivity contribution in [2.75, 3.05) is 28.3 Å². The molecule has 0 saturated carbocycles. The van der Waals surface area contributed by atoms with Gasteiger partial charge in [-0.2, -0.15) is 5.10 Å². The molecule has 4 rings (SSSR count). The Labute approximate surface area is 161 Å². The van der Waals surface area contributed by atoms with Crippen LogP contribution < -0.4 is 15.2 Å². The van der Waals surface area contributed by atoms with Crippen LogP contribution in [0.25, 0.3) is 0 Å². The number of carboxylic acids is 1. The fraction of sp³-hybridized carbons (Fsp3) is 0.316. The van der Waals surface area contributed by atoms with Crippen LogP contribution in [-0.4, -0.2) is 51.8 Å². The average molecular weight is 380 g/mol. The van der Waals surface area contributed by atoms with Crippen molar-refractivity contribution in [1.82, 2.24) is 9.97 Å². The van der Waals surface area contributed by atoms with Crippen LogP contribution in [0.5, 0.6) is 0 Å². The second kappa shape index (κ2) is 7.63. The number of rotatable bonds is 5. The van der Waals surface area contributed by atoms with E-state index < -0.39 is 17.9 Å². The largest absolute Gasteiger partial charge is 0.480 e. The van der Waals surface area contributed by atoms with Gasteiger partial charge in [0.2, 0.25) is 0 Å². The molecule has 0 radical (unpaired) electrons. The Hall–Kier alpha value is -3.49. The monoisotopic (exact) mass is 380 g/mol. The summed E-state index contributed by atoms with van der Waals surface area (Å²) in [4.78, 5) is 34.9. The first kappa shape index (κ1) is 17.9. The second-order valence-corrected chi connectivity index (χ2v) is 6.69. The number of hydrogen-bond donors (Lipinski definition) is 2. The zero-order chi connectivity index (χ0) is 19.5. The Kier molecular flexibility index (Phi) is 4.88. The number of nitrogens with one attached hydrogen (secondary N) is 1. The first-order valence-corrected chi connectivity index (χ1v) is 9.14. The minimum atomic E-state index is -1.03. The van der Waals surface area contributed by atoms with Gasteiger partial charge in [-0.05, 0) is 25.0 Å². The molecule has 0 bridgehead atoms. The maximum atomic E-state index is 12.8. The lowest BCUT2D eigenvalue weighted by molar-refractivity contribution is -0.138. The van der Waals surface area contributed by atoms with Gasteiger partial charge in [-0.1, -0.05) is 18.2 Å². The highest BCUT2D eigenvalue weighted by Crippen LogP contribution is 2.27. The van der Waals surface area contributed by atoms with Crippen LogP contribution in [-0.2, 0) is 9.59 Å². The summed E-state index contributed by atoms with van der Waals surface area (Å²) in [6.45, 7) is 1.76. The predicted molar refractivity (Wildman–Crippen MR) is 105 cm³/mol. The number of carboxylic acid groups (broad SMARTS) is 1. The normalized spacial score (nSPS) is 18.9. The summed E-state index contributed by atoms with van der Waals surface area (Å²) < 4.78 is 0. The number of carbonyl (C=O) groups excluding carboxylic acids is 1. The smallest absolute Gasteiger partial charge is 0.328 e. The van der Waals surface area contributed by atoms with Crippen molar-refractivity contribution in [3.63, 3.8) is 0 Å². The SMILES string of the molecule is O=C(Nc1cncnc1N1CCCC1)C1=NN(c2ccccc2)C(C(=O)O)C1. The lowest BCUT2D eigenvalue weighted by Gasteiger charge is -2.19. The molecule has 1 amide bonds. The lowest BCUT2D eigenvalue weighted by atomic mass is 10.1. The van der Waals surface area contributed by atoms with Gasteiger partial charge in [0.1, 0.15) is 17.7 Å². The van der Waals surface area contributed by atoms with Crippen molar-refractivity contribution >= 4 is 34.8 Å². The highest BCUT2D eigenvalue weighted by atomic mass is 16.4. The molecule has 1 saturated heterocycles. The molecule has 2 aliphatic rings. The molecule has 0 spiro atoms. The molecule has 28 heavy (non-hydrogen) atoms. The Morgan fingerprint density at radius 3 is 2.61 bits per heavy atom. The third-order valence-electron chi connectivity index (χ3n) is 4.82. The molecule has 1 unspecified atom stereocenters. The molecule has 1 aromatic heterocycles. The second-order valence-electron chi connectivity index (χ2n) is 6.69. The quantitative estimate of drug-likeness (QED) is 0.813. The Balaban J connectivity index is 1.56. The number of amides is 1. The van der Waals surface area contributed by atoms with Gasteiger partial charge in [-0.3, -0.25) is 9.80 Å². The highest BCUT2D eigenvalue weighted by Gasteiger charge is 2.36. The summed E-state index contributed by atoms with van der Waals surface area (Å²) in [6.07, 6.45) is 5.18. The predicted octanol–water partition coefficient (Wildman–Crippen LogP) is 1.73. The fourth-order valence-electron chi connectivity index (χ4n) is 3.45. The third kappa shape index (κ3) is 3.51. The van der Waals surface area contributed by atoms with Gasteiger partial charge in [0.15, 0.2) is 11.9 Å². The third-order valence-corrected chi connectivity index (χ3v) is 4.82. The van der Waals surface area contributed by atoms with Crippen molar-refractivity contribution in [1.29, 1.82) is 0 Å². The summed E-state index contributed by atoms with van der Waals surface area (Å²) in [6, 6.07) is 8.03. The zero-order valence-corrected chi connectivity index (χ0v) is 15.2. The minimum absolute atomic E-state index is 0.0167. The Morgan fingerprint density at radius 2 is 1.89 bits per heavy atom. The Bertz CT molecular complexity index is 911. The van der Waals surface area contributed by atoms with Crippen molar-refractivity contribution in [3.05, 3.63) is 42.9 Å². The highest BCUT2D eigenvalue weighted by molar-refractivity contribution is 6.44. The van der Waals surface area contributed by atoms with Gasteiger partial charge in [0.05, 0.1) is 11.9 Å². The molecular weight excluding hydrogens is 360 g/mol. The summed E-state index contributed by atoms with van der Waals surface area (Å²) in [5.74, 6) is -0.801. The number of aliphatic carboxylic acids is 1. The summed E-state index contributed by atoms with van der Waals surface area (Å²) in [7, 11) is 0. The molecular formula is C19H20N6O3. The average Bonchev–Trinajstić information content (AvgIpc) is 3.39. The Morgan fingerprint density at radius 1 is 1.14 bits per heavy atom. The molecule has 3 heterocycles. The standard InChI is InChI=1S/C19H20N6O3/c26-18(22-15-11-20-12-21-17(15)24-8-4-5-9-24)14-10-16(19(27)28)25(23-14)13-6-2-1-3-7-13/h1-3,6-7,11-12,16H,4-5,8-10H2,(H,22,26)(H,27,28). The summed E-state index contributed by atoms with van der Waals surface area (Å²) in [5, 5.41) is 18.0. The van der Waals surface area contributed by atoms with Crippen molar-refractivity contribution in [2.24, 2.45) is 5.10 Å². The van der Waals surface area contributed by atoms with E-state index in [0.29, 0.717) is 17.2 Å². The van der Waals surface area contributed by atoms with E-state index in [1.807, 2.05) is 6.07 Å². The number of aromatic nitrogens is 2. The molecule has 1 fully saturated rings. The topological polar surface area (TPSA) is 111 Å². The van der Waals surface area contributed by atoms with Crippen molar-refractivity contribution in [3.8, 4) is 0 Å². The van der Waals surface area contributed by atoms with E-state index in [0.717, 1.165) is 25.9 Å². The van der Waals surface area contributed by atoms with E-state index in [-0.39, 0.29) is 12.1 Å². The maximum Gasteiger partial charge on any atom is 0.328 e. The van der Waals surface area contributed by atoms with Crippen LogP contribution in [0.1, 0.15) is 19.3 Å². The molecule has 9 heteroatoms. The van der Waals surface area contributed by atoms with Gasteiger partial charge in [0.25, 0.3) is 5.91 Å². The molecule has 2 aromatic rings. The van der Waals surface area contributed by atoms with Crippen molar-refractivity contribution in [2.45, 2.75) is 25.3 Å².